The van der Waals surface area contributed by atoms with Crippen molar-refractivity contribution in [3.8, 4) is 12.3 Å². The summed E-state index contributed by atoms with van der Waals surface area (Å²) < 4.78 is 0. The quantitative estimate of drug-likeness (QED) is 0.761. The van der Waals surface area contributed by atoms with E-state index >= 15 is 0 Å². The summed E-state index contributed by atoms with van der Waals surface area (Å²) in [4.78, 5) is 38.3. The maximum atomic E-state index is 12.6. The number of carbonyl (C=O) groups excluding carboxylic acids is 3. The van der Waals surface area contributed by atoms with E-state index in [9.17, 15) is 14.4 Å². The Bertz CT molecular complexity index is 929. The Morgan fingerprint density at radius 2 is 1.82 bits per heavy atom. The van der Waals surface area contributed by atoms with Gasteiger partial charge in [-0.3, -0.25) is 14.4 Å². The highest BCUT2D eigenvalue weighted by molar-refractivity contribution is 6.09. The number of para-hydroxylation sites is 1. The Labute approximate surface area is 163 Å². The van der Waals surface area contributed by atoms with Crippen molar-refractivity contribution in [2.24, 2.45) is 0 Å². The van der Waals surface area contributed by atoms with Crippen molar-refractivity contribution in [1.82, 2.24) is 10.2 Å². The molecule has 0 spiro atoms. The SMILES string of the molecule is C#CCNC(=O)c1ccccc1NC(=O)c1ccc(CN2CCCC2=O)cc1. The molecule has 0 radical (unpaired) electrons. The molecule has 1 saturated heterocycles. The Balaban J connectivity index is 1.67. The average Bonchev–Trinajstić information content (AvgIpc) is 3.11. The fourth-order valence-corrected chi connectivity index (χ4v) is 3.06. The highest BCUT2D eigenvalue weighted by Gasteiger charge is 2.20. The predicted octanol–water partition coefficient (Wildman–Crippen LogP) is 2.42. The Kier molecular flexibility index (Phi) is 6.07. The number of likely N-dealkylation sites (tertiary alicyclic amines) is 1. The predicted molar refractivity (Wildman–Crippen MR) is 107 cm³/mol. The normalized spacial score (nSPS) is 13.1. The molecule has 6 heteroatoms. The molecule has 0 saturated carbocycles. The van der Waals surface area contributed by atoms with Crippen LogP contribution in [0, 0.1) is 12.3 Å². The molecular weight excluding hydrogens is 354 g/mol. The molecule has 1 aliphatic heterocycles. The van der Waals surface area contributed by atoms with Crippen LogP contribution in [0.3, 0.4) is 0 Å². The lowest BCUT2D eigenvalue weighted by molar-refractivity contribution is -0.128. The van der Waals surface area contributed by atoms with Gasteiger partial charge in [-0.05, 0) is 36.2 Å². The molecule has 3 amide bonds. The lowest BCUT2D eigenvalue weighted by Crippen LogP contribution is -2.25. The van der Waals surface area contributed by atoms with Crippen LogP contribution >= 0.6 is 0 Å². The van der Waals surface area contributed by atoms with Gasteiger partial charge in [-0.1, -0.05) is 30.2 Å². The van der Waals surface area contributed by atoms with E-state index in [0.29, 0.717) is 29.8 Å². The number of amides is 3. The second-order valence-corrected chi connectivity index (χ2v) is 6.50. The molecule has 2 N–H and O–H groups in total. The molecule has 0 unspecified atom stereocenters. The van der Waals surface area contributed by atoms with Gasteiger partial charge in [0, 0.05) is 25.1 Å². The van der Waals surface area contributed by atoms with Crippen LogP contribution in [0.15, 0.2) is 48.5 Å². The van der Waals surface area contributed by atoms with Crippen LogP contribution in [-0.4, -0.2) is 35.7 Å². The number of hydrogen-bond acceptors (Lipinski definition) is 3. The van der Waals surface area contributed by atoms with E-state index in [1.165, 1.54) is 0 Å². The van der Waals surface area contributed by atoms with Gasteiger partial charge in [0.25, 0.3) is 11.8 Å². The summed E-state index contributed by atoms with van der Waals surface area (Å²) in [6.07, 6.45) is 6.67. The number of carbonyl (C=O) groups is 3. The van der Waals surface area contributed by atoms with Crippen LogP contribution in [0.2, 0.25) is 0 Å². The third-order valence-electron chi connectivity index (χ3n) is 4.53. The number of hydrogen-bond donors (Lipinski definition) is 2. The number of benzene rings is 2. The van der Waals surface area contributed by atoms with Gasteiger partial charge in [-0.25, -0.2) is 0 Å². The molecule has 0 atom stereocenters. The van der Waals surface area contributed by atoms with Crippen molar-refractivity contribution in [2.75, 3.05) is 18.4 Å². The monoisotopic (exact) mass is 375 g/mol. The zero-order chi connectivity index (χ0) is 19.9. The summed E-state index contributed by atoms with van der Waals surface area (Å²) in [5, 5.41) is 5.36. The van der Waals surface area contributed by atoms with E-state index in [2.05, 4.69) is 16.6 Å². The van der Waals surface area contributed by atoms with Crippen molar-refractivity contribution in [2.45, 2.75) is 19.4 Å². The first-order valence-electron chi connectivity index (χ1n) is 9.07. The van der Waals surface area contributed by atoms with E-state index in [1.807, 2.05) is 17.0 Å². The smallest absolute Gasteiger partial charge is 0.255 e. The first-order valence-corrected chi connectivity index (χ1v) is 9.07. The summed E-state index contributed by atoms with van der Waals surface area (Å²) in [6, 6.07) is 13.9. The second-order valence-electron chi connectivity index (χ2n) is 6.50. The Morgan fingerprint density at radius 3 is 2.50 bits per heavy atom. The van der Waals surface area contributed by atoms with Crippen molar-refractivity contribution in [3.63, 3.8) is 0 Å². The molecule has 28 heavy (non-hydrogen) atoms. The van der Waals surface area contributed by atoms with Crippen LogP contribution in [0.1, 0.15) is 39.1 Å². The maximum Gasteiger partial charge on any atom is 0.255 e. The van der Waals surface area contributed by atoms with Gasteiger partial charge >= 0.3 is 0 Å². The van der Waals surface area contributed by atoms with Gasteiger partial charge in [0.15, 0.2) is 0 Å². The molecule has 0 aliphatic carbocycles. The summed E-state index contributed by atoms with van der Waals surface area (Å²) in [7, 11) is 0. The molecule has 142 valence electrons. The van der Waals surface area contributed by atoms with Crippen molar-refractivity contribution in [1.29, 1.82) is 0 Å². The number of nitrogens with zero attached hydrogens (tertiary/aromatic N) is 1. The van der Waals surface area contributed by atoms with E-state index in [0.717, 1.165) is 18.5 Å². The third kappa shape index (κ3) is 4.57. The zero-order valence-electron chi connectivity index (χ0n) is 15.4. The van der Waals surface area contributed by atoms with Crippen molar-refractivity contribution >= 4 is 23.4 Å². The molecule has 0 bridgehead atoms. The molecular formula is C22H21N3O3. The minimum atomic E-state index is -0.348. The van der Waals surface area contributed by atoms with E-state index in [4.69, 9.17) is 6.42 Å². The molecule has 1 fully saturated rings. The van der Waals surface area contributed by atoms with Gasteiger partial charge in [-0.2, -0.15) is 0 Å². The maximum absolute atomic E-state index is 12.6. The van der Waals surface area contributed by atoms with Gasteiger partial charge in [-0.15, -0.1) is 6.42 Å². The average molecular weight is 375 g/mol. The number of terminal acetylenes is 1. The summed E-state index contributed by atoms with van der Waals surface area (Å²) in [5.41, 5.74) is 2.19. The van der Waals surface area contributed by atoms with Crippen LogP contribution in [0.4, 0.5) is 5.69 Å². The van der Waals surface area contributed by atoms with E-state index in [-0.39, 0.29) is 24.3 Å². The van der Waals surface area contributed by atoms with Gasteiger partial charge in [0.1, 0.15) is 0 Å². The molecule has 6 nitrogen and oxygen atoms in total. The summed E-state index contributed by atoms with van der Waals surface area (Å²) >= 11 is 0. The van der Waals surface area contributed by atoms with E-state index in [1.54, 1.807) is 36.4 Å². The fourth-order valence-electron chi connectivity index (χ4n) is 3.06. The Morgan fingerprint density at radius 1 is 1.07 bits per heavy atom. The molecule has 1 aliphatic rings. The largest absolute Gasteiger partial charge is 0.341 e. The molecule has 2 aromatic carbocycles. The minimum Gasteiger partial charge on any atom is -0.341 e. The number of anilines is 1. The minimum absolute atomic E-state index is 0.113. The van der Waals surface area contributed by atoms with Gasteiger partial charge in [0.2, 0.25) is 5.91 Å². The lowest BCUT2D eigenvalue weighted by Gasteiger charge is -2.15. The van der Waals surface area contributed by atoms with Crippen LogP contribution in [-0.2, 0) is 11.3 Å². The lowest BCUT2D eigenvalue weighted by atomic mass is 10.1. The number of rotatable bonds is 6. The van der Waals surface area contributed by atoms with E-state index < -0.39 is 0 Å². The van der Waals surface area contributed by atoms with Crippen molar-refractivity contribution < 1.29 is 14.4 Å². The molecule has 0 aromatic heterocycles. The summed E-state index contributed by atoms with van der Waals surface area (Å²) in [6.45, 7) is 1.45. The van der Waals surface area contributed by atoms with Crippen LogP contribution in [0.5, 0.6) is 0 Å². The molecule has 2 aromatic rings. The van der Waals surface area contributed by atoms with Crippen LogP contribution in [0.25, 0.3) is 0 Å². The van der Waals surface area contributed by atoms with Gasteiger partial charge < -0.3 is 15.5 Å². The second kappa shape index (κ2) is 8.87. The number of nitrogens with one attached hydrogen (secondary N) is 2. The highest BCUT2D eigenvalue weighted by Crippen LogP contribution is 2.18. The standard InChI is InChI=1S/C22H21N3O3/c1-2-13-23-22(28)18-6-3-4-7-19(18)24-21(27)17-11-9-16(10-12-17)15-25-14-5-8-20(25)26/h1,3-4,6-7,9-12H,5,8,13-15H2,(H,23,28)(H,24,27). The fraction of sp³-hybridized carbons (Fsp3) is 0.227. The van der Waals surface area contributed by atoms with Crippen molar-refractivity contribution in [3.05, 3.63) is 65.2 Å². The van der Waals surface area contributed by atoms with Crippen LogP contribution < -0.4 is 10.6 Å². The first kappa shape index (κ1) is 19.2. The molecule has 3 rings (SSSR count). The zero-order valence-corrected chi connectivity index (χ0v) is 15.4. The topological polar surface area (TPSA) is 78.5 Å². The first-order chi connectivity index (χ1) is 13.6. The Hall–Kier alpha value is -3.59. The highest BCUT2D eigenvalue weighted by atomic mass is 16.2. The summed E-state index contributed by atoms with van der Waals surface area (Å²) in [5.74, 6) is 1.85. The third-order valence-corrected chi connectivity index (χ3v) is 4.53. The van der Waals surface area contributed by atoms with Gasteiger partial charge in [0.05, 0.1) is 17.8 Å². The molecule has 1 heterocycles.